The van der Waals surface area contributed by atoms with Crippen LogP contribution in [0.25, 0.3) is 0 Å². The molecule has 0 heterocycles. The molecule has 1 aromatic rings. The summed E-state index contributed by atoms with van der Waals surface area (Å²) in [7, 11) is 8.21. The highest BCUT2D eigenvalue weighted by molar-refractivity contribution is 5.91. The van der Waals surface area contributed by atoms with Gasteiger partial charge in [0.05, 0.1) is 27.2 Å². The molecular formula is C20H33N4O2+. The molecule has 0 aromatic heterocycles. The summed E-state index contributed by atoms with van der Waals surface area (Å²) < 4.78 is 0. The highest BCUT2D eigenvalue weighted by Gasteiger charge is 2.33. The van der Waals surface area contributed by atoms with Crippen molar-refractivity contribution in [2.75, 3.05) is 51.5 Å². The summed E-state index contributed by atoms with van der Waals surface area (Å²) in [6.45, 7) is 4.08. The van der Waals surface area contributed by atoms with Gasteiger partial charge in [-0.25, -0.2) is 0 Å². The molecule has 2 rings (SSSR count). The van der Waals surface area contributed by atoms with Crippen LogP contribution in [0.3, 0.4) is 0 Å². The van der Waals surface area contributed by atoms with Gasteiger partial charge in [0.1, 0.15) is 0 Å². The maximum absolute atomic E-state index is 12.7. The summed E-state index contributed by atoms with van der Waals surface area (Å²) in [5.74, 6) is 0.465. The smallest absolute Gasteiger partial charge is 0.226 e. The predicted octanol–water partition coefficient (Wildman–Crippen LogP) is 0.984. The van der Waals surface area contributed by atoms with Crippen LogP contribution in [-0.2, 0) is 16.1 Å². The van der Waals surface area contributed by atoms with Crippen LogP contribution in [0.1, 0.15) is 31.7 Å². The molecule has 6 nitrogen and oxygen atoms in total. The lowest BCUT2D eigenvalue weighted by Gasteiger charge is -2.26. The summed E-state index contributed by atoms with van der Waals surface area (Å²) in [6.07, 6.45) is 2.47. The molecule has 0 unspecified atom stereocenters. The highest BCUT2D eigenvalue weighted by Crippen LogP contribution is 2.32. The van der Waals surface area contributed by atoms with E-state index in [1.54, 1.807) is 0 Å². The SMILES string of the molecule is CCC(=O)Nc1ccc(N(C)C)c(CN(CC[NH+](C)C)C(=O)C2CC2)c1. The quantitative estimate of drug-likeness (QED) is 0.690. The molecule has 0 spiro atoms. The van der Waals surface area contributed by atoms with E-state index in [1.807, 2.05) is 44.1 Å². The molecule has 0 atom stereocenters. The van der Waals surface area contributed by atoms with Gasteiger partial charge in [0.15, 0.2) is 0 Å². The molecule has 0 saturated heterocycles. The fourth-order valence-electron chi connectivity index (χ4n) is 2.90. The zero-order valence-electron chi connectivity index (χ0n) is 16.8. The molecule has 2 amide bonds. The third kappa shape index (κ3) is 5.73. The van der Waals surface area contributed by atoms with Gasteiger partial charge in [-0.15, -0.1) is 0 Å². The van der Waals surface area contributed by atoms with Gasteiger partial charge in [-0.05, 0) is 36.6 Å². The Hall–Kier alpha value is -2.08. The maximum Gasteiger partial charge on any atom is 0.226 e. The van der Waals surface area contributed by atoms with Crippen LogP contribution >= 0.6 is 0 Å². The van der Waals surface area contributed by atoms with E-state index in [2.05, 4.69) is 24.3 Å². The van der Waals surface area contributed by atoms with Crippen LogP contribution in [0.4, 0.5) is 11.4 Å². The first-order valence-corrected chi connectivity index (χ1v) is 9.49. The lowest BCUT2D eigenvalue weighted by molar-refractivity contribution is -0.857. The number of amides is 2. The monoisotopic (exact) mass is 361 g/mol. The largest absolute Gasteiger partial charge is 0.377 e. The zero-order chi connectivity index (χ0) is 19.3. The normalized spacial score (nSPS) is 13.6. The summed E-state index contributed by atoms with van der Waals surface area (Å²) >= 11 is 0. The van der Waals surface area contributed by atoms with E-state index >= 15 is 0 Å². The molecular weight excluding hydrogens is 328 g/mol. The molecule has 1 fully saturated rings. The van der Waals surface area contributed by atoms with E-state index in [1.165, 1.54) is 4.90 Å². The van der Waals surface area contributed by atoms with E-state index in [0.29, 0.717) is 13.0 Å². The number of quaternary nitrogens is 1. The second-order valence-corrected chi connectivity index (χ2v) is 7.63. The van der Waals surface area contributed by atoms with Crippen molar-refractivity contribution in [3.8, 4) is 0 Å². The molecule has 1 aliphatic carbocycles. The minimum atomic E-state index is -0.00401. The lowest BCUT2D eigenvalue weighted by atomic mass is 10.1. The Kier molecular flexibility index (Phi) is 7.03. The number of likely N-dealkylation sites (N-methyl/N-ethyl adjacent to an activating group) is 1. The fraction of sp³-hybridized carbons (Fsp3) is 0.600. The Labute approximate surface area is 157 Å². The molecule has 2 N–H and O–H groups in total. The Bertz CT molecular complexity index is 639. The molecule has 6 heteroatoms. The second-order valence-electron chi connectivity index (χ2n) is 7.63. The van der Waals surface area contributed by atoms with Crippen molar-refractivity contribution in [2.24, 2.45) is 5.92 Å². The van der Waals surface area contributed by atoms with Crippen LogP contribution < -0.4 is 15.1 Å². The molecule has 1 aliphatic rings. The number of carbonyl (C=O) groups excluding carboxylic acids is 2. The second kappa shape index (κ2) is 9.03. The molecule has 26 heavy (non-hydrogen) atoms. The molecule has 0 bridgehead atoms. The summed E-state index contributed by atoms with van der Waals surface area (Å²) in [4.78, 5) is 29.8. The minimum Gasteiger partial charge on any atom is -0.377 e. The van der Waals surface area contributed by atoms with Gasteiger partial charge in [0, 0.05) is 44.4 Å². The number of nitrogens with zero attached hydrogens (tertiary/aromatic N) is 2. The predicted molar refractivity (Wildman–Crippen MR) is 106 cm³/mol. The fourth-order valence-corrected chi connectivity index (χ4v) is 2.90. The van der Waals surface area contributed by atoms with Crippen LogP contribution in [0, 0.1) is 5.92 Å². The van der Waals surface area contributed by atoms with Crippen molar-refractivity contribution < 1.29 is 14.5 Å². The van der Waals surface area contributed by atoms with Gasteiger partial charge in [-0.2, -0.15) is 0 Å². The van der Waals surface area contributed by atoms with Crippen molar-refractivity contribution in [2.45, 2.75) is 32.7 Å². The average molecular weight is 362 g/mol. The van der Waals surface area contributed by atoms with Crippen LogP contribution in [0.15, 0.2) is 18.2 Å². The number of rotatable bonds is 9. The topological polar surface area (TPSA) is 57.1 Å². The first-order chi connectivity index (χ1) is 12.3. The first kappa shape index (κ1) is 20.2. The Morgan fingerprint density at radius 3 is 2.46 bits per heavy atom. The average Bonchev–Trinajstić information content (AvgIpc) is 3.42. The van der Waals surface area contributed by atoms with Gasteiger partial charge in [-0.3, -0.25) is 9.59 Å². The summed E-state index contributed by atoms with van der Waals surface area (Å²) in [6, 6.07) is 5.93. The van der Waals surface area contributed by atoms with Crippen LogP contribution in [0.2, 0.25) is 0 Å². The third-order valence-corrected chi connectivity index (χ3v) is 4.65. The number of hydrogen-bond donors (Lipinski definition) is 2. The minimum absolute atomic E-state index is 0.00401. The van der Waals surface area contributed by atoms with Gasteiger partial charge in [0.25, 0.3) is 0 Å². The molecule has 0 aliphatic heterocycles. The Balaban J connectivity index is 2.24. The number of anilines is 2. The third-order valence-electron chi connectivity index (χ3n) is 4.65. The number of hydrogen-bond acceptors (Lipinski definition) is 3. The van der Waals surface area contributed by atoms with Crippen LogP contribution in [-0.4, -0.2) is 58.0 Å². The van der Waals surface area contributed by atoms with Gasteiger partial charge < -0.3 is 20.0 Å². The highest BCUT2D eigenvalue weighted by atomic mass is 16.2. The molecule has 0 radical (unpaired) electrons. The van der Waals surface area contributed by atoms with Crippen molar-refractivity contribution in [1.29, 1.82) is 0 Å². The van der Waals surface area contributed by atoms with Gasteiger partial charge in [-0.1, -0.05) is 6.92 Å². The lowest BCUT2D eigenvalue weighted by Crippen LogP contribution is -3.06. The Morgan fingerprint density at radius 1 is 1.23 bits per heavy atom. The van der Waals surface area contributed by atoms with E-state index < -0.39 is 0 Å². The van der Waals surface area contributed by atoms with E-state index in [0.717, 1.165) is 42.9 Å². The molecule has 144 valence electrons. The first-order valence-electron chi connectivity index (χ1n) is 9.49. The Morgan fingerprint density at radius 2 is 1.92 bits per heavy atom. The van der Waals surface area contributed by atoms with E-state index in [9.17, 15) is 9.59 Å². The van der Waals surface area contributed by atoms with E-state index in [-0.39, 0.29) is 17.7 Å². The number of carbonyl (C=O) groups is 2. The summed E-state index contributed by atoms with van der Waals surface area (Å²) in [5.41, 5.74) is 2.92. The molecule has 1 aromatic carbocycles. The van der Waals surface area contributed by atoms with Crippen molar-refractivity contribution in [3.05, 3.63) is 23.8 Å². The van der Waals surface area contributed by atoms with Crippen molar-refractivity contribution in [1.82, 2.24) is 4.90 Å². The zero-order valence-corrected chi connectivity index (χ0v) is 16.8. The van der Waals surface area contributed by atoms with Crippen molar-refractivity contribution >= 4 is 23.2 Å². The van der Waals surface area contributed by atoms with Crippen LogP contribution in [0.5, 0.6) is 0 Å². The summed E-state index contributed by atoms with van der Waals surface area (Å²) in [5, 5.41) is 2.92. The van der Waals surface area contributed by atoms with Crippen molar-refractivity contribution in [3.63, 3.8) is 0 Å². The molecule has 1 saturated carbocycles. The number of nitrogens with one attached hydrogen (secondary N) is 2. The maximum atomic E-state index is 12.7. The van der Waals surface area contributed by atoms with Gasteiger partial charge in [0.2, 0.25) is 11.8 Å². The van der Waals surface area contributed by atoms with Gasteiger partial charge >= 0.3 is 0 Å². The van der Waals surface area contributed by atoms with E-state index in [4.69, 9.17) is 0 Å². The number of benzene rings is 1. The standard InChI is InChI=1S/C20H32N4O2/c1-6-19(25)21-17-9-10-18(23(4)5)16(13-17)14-24(12-11-22(2)3)20(26)15-7-8-15/h9-10,13,15H,6-8,11-12,14H2,1-5H3,(H,21,25)/p+1.